The first kappa shape index (κ1) is 16.8. The number of alkyl halides is 2. The van der Waals surface area contributed by atoms with Gasteiger partial charge in [0.05, 0.1) is 10.0 Å². The van der Waals surface area contributed by atoms with Crippen LogP contribution in [0.3, 0.4) is 0 Å². The fraction of sp³-hybridized carbons (Fsp3) is 0.538. The Morgan fingerprint density at radius 1 is 1.29 bits per heavy atom. The number of hydrogen-bond donors (Lipinski definition) is 2. The summed E-state index contributed by atoms with van der Waals surface area (Å²) in [5.74, 6) is -4.40. The summed E-state index contributed by atoms with van der Waals surface area (Å²) in [6.07, 6.45) is 0. The molecular weight excluding hydrogens is 328 g/mol. The lowest BCUT2D eigenvalue weighted by atomic mass is 9.97. The highest BCUT2D eigenvalue weighted by Crippen LogP contribution is 2.42. The standard InChI is InChI=1S/C13H15Cl2F3N2O/c14-8-1-2-9(16)10(11(8)15)12(13(17,18)7-21)20-5-3-19-4-6-20/h1-2,12,19,21H,3-7H2/t12-/m1/s1. The van der Waals surface area contributed by atoms with Gasteiger partial charge in [0.2, 0.25) is 0 Å². The predicted octanol–water partition coefficient (Wildman–Crippen LogP) is 2.71. The van der Waals surface area contributed by atoms with Gasteiger partial charge in [-0.05, 0) is 12.1 Å². The van der Waals surface area contributed by atoms with E-state index in [0.29, 0.717) is 26.2 Å². The summed E-state index contributed by atoms with van der Waals surface area (Å²) in [4.78, 5) is 1.41. The highest BCUT2D eigenvalue weighted by molar-refractivity contribution is 6.42. The summed E-state index contributed by atoms with van der Waals surface area (Å²) in [6.45, 7) is 0.185. The van der Waals surface area contributed by atoms with Crippen molar-refractivity contribution < 1.29 is 18.3 Å². The van der Waals surface area contributed by atoms with Crippen LogP contribution >= 0.6 is 23.2 Å². The molecule has 0 saturated carbocycles. The monoisotopic (exact) mass is 342 g/mol. The topological polar surface area (TPSA) is 35.5 Å². The zero-order chi connectivity index (χ0) is 15.6. The average molecular weight is 343 g/mol. The lowest BCUT2D eigenvalue weighted by Gasteiger charge is -2.39. The van der Waals surface area contributed by atoms with E-state index in [1.165, 1.54) is 11.0 Å². The molecule has 118 valence electrons. The maximum atomic E-state index is 14.2. The Morgan fingerprint density at radius 3 is 2.48 bits per heavy atom. The lowest BCUT2D eigenvalue weighted by molar-refractivity contribution is -0.119. The molecule has 0 bridgehead atoms. The van der Waals surface area contributed by atoms with Crippen molar-refractivity contribution in [2.24, 2.45) is 0 Å². The number of nitrogens with zero attached hydrogens (tertiary/aromatic N) is 1. The number of aliphatic hydroxyl groups is 1. The SMILES string of the molecule is OCC(F)(F)[C@@H](c1c(F)ccc(Cl)c1Cl)N1CCNCC1. The van der Waals surface area contributed by atoms with Gasteiger partial charge in [-0.2, -0.15) is 0 Å². The van der Waals surface area contributed by atoms with Crippen molar-refractivity contribution in [2.45, 2.75) is 12.0 Å². The van der Waals surface area contributed by atoms with E-state index in [0.717, 1.165) is 6.07 Å². The fourth-order valence-corrected chi connectivity index (χ4v) is 2.90. The molecule has 1 aromatic carbocycles. The zero-order valence-corrected chi connectivity index (χ0v) is 12.6. The molecule has 0 aromatic heterocycles. The third-order valence-corrected chi connectivity index (χ3v) is 4.30. The van der Waals surface area contributed by atoms with Gasteiger partial charge >= 0.3 is 0 Å². The molecule has 3 nitrogen and oxygen atoms in total. The van der Waals surface area contributed by atoms with E-state index < -0.39 is 24.4 Å². The fourth-order valence-electron chi connectivity index (χ4n) is 2.48. The van der Waals surface area contributed by atoms with Crippen LogP contribution in [0.25, 0.3) is 0 Å². The molecule has 0 unspecified atom stereocenters. The van der Waals surface area contributed by atoms with Crippen molar-refractivity contribution in [1.82, 2.24) is 10.2 Å². The summed E-state index contributed by atoms with van der Waals surface area (Å²) in [5.41, 5.74) is -0.370. The van der Waals surface area contributed by atoms with Crippen molar-refractivity contribution in [3.63, 3.8) is 0 Å². The summed E-state index contributed by atoms with van der Waals surface area (Å²) in [6, 6.07) is 0.566. The van der Waals surface area contributed by atoms with Gasteiger partial charge in [-0.1, -0.05) is 23.2 Å². The van der Waals surface area contributed by atoms with Crippen molar-refractivity contribution in [1.29, 1.82) is 0 Å². The third-order valence-electron chi connectivity index (χ3n) is 3.48. The maximum absolute atomic E-state index is 14.2. The van der Waals surface area contributed by atoms with Crippen LogP contribution in [-0.4, -0.2) is 48.7 Å². The lowest BCUT2D eigenvalue weighted by Crippen LogP contribution is -2.51. The predicted molar refractivity (Wildman–Crippen MR) is 75.6 cm³/mol. The normalized spacial score (nSPS) is 18.8. The van der Waals surface area contributed by atoms with Crippen LogP contribution in [0.2, 0.25) is 10.0 Å². The number of benzene rings is 1. The molecule has 1 aliphatic rings. The molecule has 0 amide bonds. The van der Waals surface area contributed by atoms with Crippen molar-refractivity contribution >= 4 is 23.2 Å². The molecular formula is C13H15Cl2F3N2O. The Balaban J connectivity index is 2.52. The van der Waals surface area contributed by atoms with Crippen molar-refractivity contribution in [3.8, 4) is 0 Å². The first-order chi connectivity index (χ1) is 9.88. The Morgan fingerprint density at radius 2 is 1.90 bits per heavy atom. The molecule has 0 spiro atoms. The quantitative estimate of drug-likeness (QED) is 0.826. The van der Waals surface area contributed by atoms with Gasteiger partial charge in [-0.3, -0.25) is 4.90 Å². The highest BCUT2D eigenvalue weighted by Gasteiger charge is 2.46. The number of hydrogen-bond acceptors (Lipinski definition) is 3. The Bertz CT molecular complexity index is 510. The van der Waals surface area contributed by atoms with Crippen molar-refractivity contribution in [2.75, 3.05) is 32.8 Å². The van der Waals surface area contributed by atoms with Gasteiger partial charge in [0.1, 0.15) is 18.5 Å². The first-order valence-electron chi connectivity index (χ1n) is 6.45. The number of nitrogens with one attached hydrogen (secondary N) is 1. The van der Waals surface area contributed by atoms with Gasteiger partial charge in [0, 0.05) is 31.7 Å². The second kappa shape index (κ2) is 6.71. The minimum Gasteiger partial charge on any atom is -0.390 e. The van der Waals surface area contributed by atoms with Gasteiger partial charge < -0.3 is 10.4 Å². The van der Waals surface area contributed by atoms with Crippen LogP contribution in [0.5, 0.6) is 0 Å². The molecule has 1 aromatic rings. The van der Waals surface area contributed by atoms with E-state index >= 15 is 0 Å². The molecule has 0 radical (unpaired) electrons. The Labute approximate surface area is 130 Å². The van der Waals surface area contributed by atoms with E-state index in [4.69, 9.17) is 28.3 Å². The number of rotatable bonds is 4. The zero-order valence-electron chi connectivity index (χ0n) is 11.1. The minimum atomic E-state index is -3.54. The molecule has 1 aliphatic heterocycles. The second-order valence-electron chi connectivity index (χ2n) is 4.86. The van der Waals surface area contributed by atoms with Crippen LogP contribution in [0.1, 0.15) is 11.6 Å². The molecule has 21 heavy (non-hydrogen) atoms. The largest absolute Gasteiger partial charge is 0.390 e. The number of halogens is 5. The summed E-state index contributed by atoms with van der Waals surface area (Å²) < 4.78 is 42.5. The summed E-state index contributed by atoms with van der Waals surface area (Å²) in [5, 5.41) is 11.8. The average Bonchev–Trinajstić information content (AvgIpc) is 2.48. The second-order valence-corrected chi connectivity index (χ2v) is 5.65. The van der Waals surface area contributed by atoms with Crippen LogP contribution < -0.4 is 5.32 Å². The number of piperazine rings is 1. The van der Waals surface area contributed by atoms with E-state index in [1.807, 2.05) is 0 Å². The Kier molecular flexibility index (Phi) is 5.38. The van der Waals surface area contributed by atoms with E-state index in [-0.39, 0.29) is 15.6 Å². The van der Waals surface area contributed by atoms with Crippen LogP contribution in [-0.2, 0) is 0 Å². The minimum absolute atomic E-state index is 0.00180. The molecule has 1 heterocycles. The van der Waals surface area contributed by atoms with Gasteiger partial charge in [-0.15, -0.1) is 0 Å². The van der Waals surface area contributed by atoms with Crippen LogP contribution in [0.15, 0.2) is 12.1 Å². The van der Waals surface area contributed by atoms with E-state index in [1.54, 1.807) is 0 Å². The molecule has 1 saturated heterocycles. The van der Waals surface area contributed by atoms with E-state index in [2.05, 4.69) is 5.32 Å². The van der Waals surface area contributed by atoms with Gasteiger partial charge in [0.25, 0.3) is 5.92 Å². The van der Waals surface area contributed by atoms with Gasteiger partial charge in [-0.25, -0.2) is 13.2 Å². The van der Waals surface area contributed by atoms with Gasteiger partial charge in [0.15, 0.2) is 0 Å². The Hall–Kier alpha value is -0.530. The molecule has 1 atom stereocenters. The van der Waals surface area contributed by atoms with Crippen LogP contribution in [0, 0.1) is 5.82 Å². The molecule has 0 aliphatic carbocycles. The van der Waals surface area contributed by atoms with Crippen molar-refractivity contribution in [3.05, 3.63) is 33.6 Å². The third kappa shape index (κ3) is 3.46. The summed E-state index contributed by atoms with van der Waals surface area (Å²) in [7, 11) is 0. The molecule has 1 fully saturated rings. The summed E-state index contributed by atoms with van der Waals surface area (Å²) >= 11 is 11.8. The first-order valence-corrected chi connectivity index (χ1v) is 7.21. The van der Waals surface area contributed by atoms with Crippen LogP contribution in [0.4, 0.5) is 13.2 Å². The molecule has 8 heteroatoms. The highest BCUT2D eigenvalue weighted by atomic mass is 35.5. The maximum Gasteiger partial charge on any atom is 0.290 e. The van der Waals surface area contributed by atoms with E-state index in [9.17, 15) is 13.2 Å². The smallest absolute Gasteiger partial charge is 0.290 e. The molecule has 2 N–H and O–H groups in total. The number of aliphatic hydroxyl groups excluding tert-OH is 1. The molecule has 2 rings (SSSR count).